The first-order valence-corrected chi connectivity index (χ1v) is 8.22. The van der Waals surface area contributed by atoms with Gasteiger partial charge in [-0.05, 0) is 36.4 Å². The number of thiophene rings is 1. The Morgan fingerprint density at radius 3 is 2.81 bits per heavy atom. The van der Waals surface area contributed by atoms with E-state index in [2.05, 4.69) is 15.6 Å². The molecular weight excluding hydrogens is 282 g/mol. The van der Waals surface area contributed by atoms with Crippen LogP contribution in [-0.2, 0) is 6.54 Å². The fraction of sp³-hybridized carbons (Fsp3) is 0.375. The minimum Gasteiger partial charge on any atom is -0.367 e. The molecule has 0 unspecified atom stereocenters. The van der Waals surface area contributed by atoms with Crippen molar-refractivity contribution in [3.63, 3.8) is 0 Å². The maximum absolute atomic E-state index is 12.0. The van der Waals surface area contributed by atoms with Gasteiger partial charge in [-0.1, -0.05) is 18.9 Å². The minimum atomic E-state index is -0.0803. The second kappa shape index (κ2) is 6.72. The van der Waals surface area contributed by atoms with Crippen LogP contribution < -0.4 is 10.6 Å². The number of anilines is 1. The molecule has 1 saturated carbocycles. The molecule has 0 aromatic carbocycles. The molecule has 0 bridgehead atoms. The van der Waals surface area contributed by atoms with E-state index in [-0.39, 0.29) is 5.91 Å². The Hall–Kier alpha value is -1.88. The van der Waals surface area contributed by atoms with E-state index in [0.29, 0.717) is 18.2 Å². The van der Waals surface area contributed by atoms with Gasteiger partial charge < -0.3 is 10.6 Å². The molecule has 1 aliphatic carbocycles. The molecule has 5 heteroatoms. The standard InChI is InChI=1S/C16H19N3OS/c20-16(18-11-14-6-3-9-21-14)12-7-8-15(17-10-12)19-13-4-1-2-5-13/h3,6-10,13H,1-2,4-5,11H2,(H,17,19)(H,18,20). The third-order valence-electron chi connectivity index (χ3n) is 3.74. The highest BCUT2D eigenvalue weighted by Crippen LogP contribution is 2.21. The van der Waals surface area contributed by atoms with Crippen LogP contribution in [-0.4, -0.2) is 16.9 Å². The molecule has 4 nitrogen and oxygen atoms in total. The lowest BCUT2D eigenvalue weighted by molar-refractivity contribution is 0.0951. The quantitative estimate of drug-likeness (QED) is 0.889. The summed E-state index contributed by atoms with van der Waals surface area (Å²) in [5, 5.41) is 8.33. The highest BCUT2D eigenvalue weighted by atomic mass is 32.1. The molecule has 0 aliphatic heterocycles. The van der Waals surface area contributed by atoms with Crippen molar-refractivity contribution in [3.8, 4) is 0 Å². The second-order valence-corrected chi connectivity index (χ2v) is 6.35. The van der Waals surface area contributed by atoms with Crippen molar-refractivity contribution in [1.29, 1.82) is 0 Å². The summed E-state index contributed by atoms with van der Waals surface area (Å²) in [7, 11) is 0. The third-order valence-corrected chi connectivity index (χ3v) is 4.61. The van der Waals surface area contributed by atoms with Gasteiger partial charge in [0.15, 0.2) is 0 Å². The highest BCUT2D eigenvalue weighted by molar-refractivity contribution is 7.09. The van der Waals surface area contributed by atoms with Crippen LogP contribution in [0.25, 0.3) is 0 Å². The fourth-order valence-electron chi connectivity index (χ4n) is 2.58. The summed E-state index contributed by atoms with van der Waals surface area (Å²) in [6.45, 7) is 0.568. The largest absolute Gasteiger partial charge is 0.367 e. The number of rotatable bonds is 5. The number of pyridine rings is 1. The van der Waals surface area contributed by atoms with Crippen LogP contribution >= 0.6 is 11.3 Å². The average Bonchev–Trinajstić information content (AvgIpc) is 3.19. The zero-order valence-electron chi connectivity index (χ0n) is 11.8. The van der Waals surface area contributed by atoms with Crippen LogP contribution in [0.2, 0.25) is 0 Å². The Morgan fingerprint density at radius 1 is 1.29 bits per heavy atom. The lowest BCUT2D eigenvalue weighted by Gasteiger charge is -2.12. The molecule has 0 atom stereocenters. The Kier molecular flexibility index (Phi) is 4.50. The van der Waals surface area contributed by atoms with E-state index in [1.807, 2.05) is 29.6 Å². The summed E-state index contributed by atoms with van der Waals surface area (Å²) in [6.07, 6.45) is 6.65. The molecule has 2 N–H and O–H groups in total. The molecule has 2 aromatic heterocycles. The van der Waals surface area contributed by atoms with Crippen molar-refractivity contribution < 1.29 is 4.79 Å². The van der Waals surface area contributed by atoms with Crippen LogP contribution in [0.15, 0.2) is 35.8 Å². The molecule has 2 aromatic rings. The predicted octanol–water partition coefficient (Wildman–Crippen LogP) is 3.43. The molecule has 0 spiro atoms. The topological polar surface area (TPSA) is 54.0 Å². The Balaban J connectivity index is 1.54. The van der Waals surface area contributed by atoms with Gasteiger partial charge in [-0.2, -0.15) is 0 Å². The summed E-state index contributed by atoms with van der Waals surface area (Å²) in [6, 6.07) is 8.25. The molecule has 0 radical (unpaired) electrons. The molecule has 1 aliphatic rings. The first kappa shape index (κ1) is 14.1. The maximum Gasteiger partial charge on any atom is 0.253 e. The zero-order chi connectivity index (χ0) is 14.5. The summed E-state index contributed by atoms with van der Waals surface area (Å²) < 4.78 is 0. The number of nitrogens with one attached hydrogen (secondary N) is 2. The van der Waals surface area contributed by atoms with E-state index in [1.165, 1.54) is 25.7 Å². The van der Waals surface area contributed by atoms with Gasteiger partial charge in [0.25, 0.3) is 5.91 Å². The summed E-state index contributed by atoms with van der Waals surface area (Å²) in [5.74, 6) is 0.778. The van der Waals surface area contributed by atoms with Crippen molar-refractivity contribution in [2.45, 2.75) is 38.3 Å². The van der Waals surface area contributed by atoms with Crippen molar-refractivity contribution in [2.75, 3.05) is 5.32 Å². The van der Waals surface area contributed by atoms with Gasteiger partial charge in [0, 0.05) is 17.1 Å². The molecule has 2 heterocycles. The normalized spacial score (nSPS) is 15.0. The first-order valence-electron chi connectivity index (χ1n) is 7.34. The van der Waals surface area contributed by atoms with E-state index < -0.39 is 0 Å². The van der Waals surface area contributed by atoms with Gasteiger partial charge in [-0.25, -0.2) is 4.98 Å². The van der Waals surface area contributed by atoms with Gasteiger partial charge in [-0.3, -0.25) is 4.79 Å². The Labute approximate surface area is 128 Å². The van der Waals surface area contributed by atoms with E-state index in [1.54, 1.807) is 17.5 Å². The van der Waals surface area contributed by atoms with Crippen LogP contribution in [0.4, 0.5) is 5.82 Å². The van der Waals surface area contributed by atoms with Crippen LogP contribution in [0.1, 0.15) is 40.9 Å². The van der Waals surface area contributed by atoms with Gasteiger partial charge in [-0.15, -0.1) is 11.3 Å². The maximum atomic E-state index is 12.0. The van der Waals surface area contributed by atoms with E-state index >= 15 is 0 Å². The molecule has 1 fully saturated rings. The number of hydrogen-bond acceptors (Lipinski definition) is 4. The lowest BCUT2D eigenvalue weighted by Crippen LogP contribution is -2.22. The minimum absolute atomic E-state index is 0.0803. The van der Waals surface area contributed by atoms with E-state index in [0.717, 1.165) is 10.7 Å². The first-order chi connectivity index (χ1) is 10.3. The summed E-state index contributed by atoms with van der Waals surface area (Å²) in [4.78, 5) is 17.5. The average molecular weight is 301 g/mol. The number of carbonyl (C=O) groups is 1. The van der Waals surface area contributed by atoms with Crippen LogP contribution in [0.5, 0.6) is 0 Å². The van der Waals surface area contributed by atoms with Crippen molar-refractivity contribution in [3.05, 3.63) is 46.3 Å². The van der Waals surface area contributed by atoms with Gasteiger partial charge in [0.05, 0.1) is 12.1 Å². The molecule has 21 heavy (non-hydrogen) atoms. The molecule has 110 valence electrons. The number of aromatic nitrogens is 1. The van der Waals surface area contributed by atoms with Gasteiger partial charge >= 0.3 is 0 Å². The SMILES string of the molecule is O=C(NCc1cccs1)c1ccc(NC2CCCC2)nc1. The Morgan fingerprint density at radius 2 is 2.14 bits per heavy atom. The molecule has 1 amide bonds. The van der Waals surface area contributed by atoms with Crippen molar-refractivity contribution in [2.24, 2.45) is 0 Å². The second-order valence-electron chi connectivity index (χ2n) is 5.32. The summed E-state index contributed by atoms with van der Waals surface area (Å²) in [5.41, 5.74) is 0.600. The third kappa shape index (κ3) is 3.82. The monoisotopic (exact) mass is 301 g/mol. The number of hydrogen-bond donors (Lipinski definition) is 2. The Bertz CT molecular complexity index is 574. The van der Waals surface area contributed by atoms with Gasteiger partial charge in [0.1, 0.15) is 5.82 Å². The predicted molar refractivity (Wildman–Crippen MR) is 85.6 cm³/mol. The van der Waals surface area contributed by atoms with E-state index in [4.69, 9.17) is 0 Å². The van der Waals surface area contributed by atoms with Crippen LogP contribution in [0.3, 0.4) is 0 Å². The number of carbonyl (C=O) groups excluding carboxylic acids is 1. The fourth-order valence-corrected chi connectivity index (χ4v) is 3.22. The molecule has 3 rings (SSSR count). The van der Waals surface area contributed by atoms with Crippen molar-refractivity contribution in [1.82, 2.24) is 10.3 Å². The highest BCUT2D eigenvalue weighted by Gasteiger charge is 2.15. The summed E-state index contributed by atoms with van der Waals surface area (Å²) >= 11 is 1.64. The number of nitrogens with zero attached hydrogens (tertiary/aromatic N) is 1. The zero-order valence-corrected chi connectivity index (χ0v) is 12.7. The van der Waals surface area contributed by atoms with Crippen LogP contribution in [0, 0.1) is 0 Å². The smallest absolute Gasteiger partial charge is 0.253 e. The molecule has 0 saturated heterocycles. The van der Waals surface area contributed by atoms with E-state index in [9.17, 15) is 4.79 Å². The number of amides is 1. The van der Waals surface area contributed by atoms with Crippen molar-refractivity contribution >= 4 is 23.1 Å². The molecular formula is C16H19N3OS. The lowest BCUT2D eigenvalue weighted by atomic mass is 10.2. The van der Waals surface area contributed by atoms with Gasteiger partial charge in [0.2, 0.25) is 0 Å².